The normalized spacial score (nSPS) is 11.6. The van der Waals surface area contributed by atoms with Gasteiger partial charge >= 0.3 is 0 Å². The minimum Gasteiger partial charge on any atom is -0.357 e. The number of benzene rings is 1. The van der Waals surface area contributed by atoms with Crippen LogP contribution in [-0.4, -0.2) is 38.4 Å². The number of hydrogen-bond acceptors (Lipinski definition) is 3. The number of imidazole rings is 1. The van der Waals surface area contributed by atoms with E-state index in [0.29, 0.717) is 6.54 Å². The summed E-state index contributed by atoms with van der Waals surface area (Å²) in [5.74, 6) is 0.806. The van der Waals surface area contributed by atoms with Gasteiger partial charge in [0, 0.05) is 37.7 Å². The molecular weight excluding hydrogens is 338 g/mol. The van der Waals surface area contributed by atoms with Crippen molar-refractivity contribution in [2.75, 3.05) is 13.1 Å². The summed E-state index contributed by atoms with van der Waals surface area (Å²) >= 11 is 0. The Morgan fingerprint density at radius 2 is 2.04 bits per heavy atom. The molecule has 2 aromatic heterocycles. The molecule has 0 unspecified atom stereocenters. The molecule has 0 fully saturated rings. The van der Waals surface area contributed by atoms with E-state index < -0.39 is 0 Å². The summed E-state index contributed by atoms with van der Waals surface area (Å²) in [6.07, 6.45) is 5.56. The van der Waals surface area contributed by atoms with E-state index >= 15 is 0 Å². The molecule has 0 aliphatic rings. The highest BCUT2D eigenvalue weighted by molar-refractivity contribution is 5.79. The summed E-state index contributed by atoms with van der Waals surface area (Å²) in [5.41, 5.74) is 4.34. The van der Waals surface area contributed by atoms with Gasteiger partial charge in [-0.05, 0) is 38.5 Å². The quantitative estimate of drug-likeness (QED) is 0.498. The monoisotopic (exact) mass is 365 g/mol. The van der Waals surface area contributed by atoms with Gasteiger partial charge in [-0.3, -0.25) is 0 Å². The molecule has 0 atom stereocenters. The Kier molecular flexibility index (Phi) is 6.25. The molecule has 0 spiro atoms. The fraction of sp³-hybridized carbons (Fsp3) is 0.350. The van der Waals surface area contributed by atoms with Crippen LogP contribution in [0.2, 0.25) is 0 Å². The number of aryl methyl sites for hydroxylation is 2. The molecule has 0 saturated carbocycles. The molecule has 0 amide bonds. The second-order valence-electron chi connectivity index (χ2n) is 6.39. The third-order valence-electron chi connectivity index (χ3n) is 4.20. The lowest BCUT2D eigenvalue weighted by molar-refractivity contribution is 0.662. The topological polar surface area (TPSA) is 72.1 Å². The average Bonchev–Trinajstić information content (AvgIpc) is 3.29. The molecule has 0 aliphatic carbocycles. The van der Waals surface area contributed by atoms with Crippen LogP contribution in [0.25, 0.3) is 5.69 Å². The van der Waals surface area contributed by atoms with E-state index in [4.69, 9.17) is 4.99 Å². The van der Waals surface area contributed by atoms with Crippen molar-refractivity contribution < 1.29 is 0 Å². The van der Waals surface area contributed by atoms with E-state index in [2.05, 4.69) is 52.8 Å². The molecule has 7 nitrogen and oxygen atoms in total. The van der Waals surface area contributed by atoms with Crippen molar-refractivity contribution in [2.45, 2.75) is 33.9 Å². The zero-order chi connectivity index (χ0) is 19.1. The van der Waals surface area contributed by atoms with Gasteiger partial charge in [0.05, 0.1) is 24.3 Å². The second kappa shape index (κ2) is 9.02. The summed E-state index contributed by atoms with van der Waals surface area (Å²) < 4.78 is 4.02. The Bertz CT molecular complexity index is 878. The van der Waals surface area contributed by atoms with Gasteiger partial charge in [0.15, 0.2) is 5.96 Å². The maximum absolute atomic E-state index is 4.75. The van der Waals surface area contributed by atoms with E-state index in [1.54, 1.807) is 6.20 Å². The summed E-state index contributed by atoms with van der Waals surface area (Å²) in [6, 6.07) is 10.4. The Balaban J connectivity index is 1.71. The predicted octanol–water partition coefficient (Wildman–Crippen LogP) is 2.44. The molecule has 3 aromatic rings. The molecule has 0 bridgehead atoms. The van der Waals surface area contributed by atoms with Crippen molar-refractivity contribution >= 4 is 5.96 Å². The van der Waals surface area contributed by atoms with Gasteiger partial charge in [0.25, 0.3) is 0 Å². The zero-order valence-corrected chi connectivity index (χ0v) is 16.2. The molecule has 2 heterocycles. The van der Waals surface area contributed by atoms with Crippen LogP contribution in [0.1, 0.15) is 23.9 Å². The lowest BCUT2D eigenvalue weighted by Gasteiger charge is -2.13. The van der Waals surface area contributed by atoms with Crippen molar-refractivity contribution in [3.8, 4) is 5.69 Å². The highest BCUT2D eigenvalue weighted by Crippen LogP contribution is 2.17. The van der Waals surface area contributed by atoms with Crippen LogP contribution in [0, 0.1) is 13.8 Å². The number of nitrogens with zero attached hydrogens (tertiary/aromatic N) is 5. The predicted molar refractivity (Wildman–Crippen MR) is 108 cm³/mol. The van der Waals surface area contributed by atoms with Gasteiger partial charge in [-0.15, -0.1) is 0 Å². The number of guanidine groups is 1. The number of nitrogens with one attached hydrogen (secondary N) is 2. The zero-order valence-electron chi connectivity index (χ0n) is 16.2. The lowest BCUT2D eigenvalue weighted by atomic mass is 10.2. The number of aliphatic imine (C=N–C) groups is 1. The minimum absolute atomic E-state index is 0.578. The SMILES string of the molecule is CCNC(=NCc1ccccc1-n1nc(C)cc1C)NCCn1ccnc1. The third-order valence-corrected chi connectivity index (χ3v) is 4.20. The van der Waals surface area contributed by atoms with Crippen LogP contribution in [0.5, 0.6) is 0 Å². The first-order valence-electron chi connectivity index (χ1n) is 9.27. The summed E-state index contributed by atoms with van der Waals surface area (Å²) in [5, 5.41) is 11.3. The van der Waals surface area contributed by atoms with E-state index in [1.807, 2.05) is 40.8 Å². The molecular formula is C20H27N7. The minimum atomic E-state index is 0.578. The summed E-state index contributed by atoms with van der Waals surface area (Å²) in [7, 11) is 0. The van der Waals surface area contributed by atoms with Crippen LogP contribution < -0.4 is 10.6 Å². The Morgan fingerprint density at radius 1 is 1.19 bits per heavy atom. The van der Waals surface area contributed by atoms with Crippen LogP contribution in [0.4, 0.5) is 0 Å². The molecule has 0 radical (unpaired) electrons. The number of rotatable bonds is 7. The smallest absolute Gasteiger partial charge is 0.191 e. The lowest BCUT2D eigenvalue weighted by Crippen LogP contribution is -2.38. The molecule has 0 aliphatic heterocycles. The van der Waals surface area contributed by atoms with E-state index in [9.17, 15) is 0 Å². The Hall–Kier alpha value is -3.09. The molecule has 1 aromatic carbocycles. The number of hydrogen-bond donors (Lipinski definition) is 2. The highest BCUT2D eigenvalue weighted by Gasteiger charge is 2.08. The van der Waals surface area contributed by atoms with Crippen LogP contribution in [0.3, 0.4) is 0 Å². The fourth-order valence-electron chi connectivity index (χ4n) is 2.95. The maximum atomic E-state index is 4.75. The van der Waals surface area contributed by atoms with Gasteiger partial charge in [0.2, 0.25) is 0 Å². The van der Waals surface area contributed by atoms with E-state index in [-0.39, 0.29) is 0 Å². The molecule has 3 rings (SSSR count). The Labute approximate surface area is 160 Å². The summed E-state index contributed by atoms with van der Waals surface area (Å²) in [4.78, 5) is 8.81. The molecule has 27 heavy (non-hydrogen) atoms. The first-order valence-corrected chi connectivity index (χ1v) is 9.27. The van der Waals surface area contributed by atoms with Crippen molar-refractivity contribution in [1.29, 1.82) is 0 Å². The van der Waals surface area contributed by atoms with Gasteiger partial charge in [-0.1, -0.05) is 18.2 Å². The van der Waals surface area contributed by atoms with Gasteiger partial charge in [0.1, 0.15) is 0 Å². The molecule has 142 valence electrons. The van der Waals surface area contributed by atoms with Crippen LogP contribution >= 0.6 is 0 Å². The van der Waals surface area contributed by atoms with Crippen molar-refractivity contribution in [1.82, 2.24) is 30.0 Å². The van der Waals surface area contributed by atoms with Crippen LogP contribution in [0.15, 0.2) is 54.0 Å². The Morgan fingerprint density at radius 3 is 2.74 bits per heavy atom. The van der Waals surface area contributed by atoms with Crippen LogP contribution in [-0.2, 0) is 13.1 Å². The van der Waals surface area contributed by atoms with E-state index in [0.717, 1.165) is 48.2 Å². The van der Waals surface area contributed by atoms with Gasteiger partial charge < -0.3 is 15.2 Å². The fourth-order valence-corrected chi connectivity index (χ4v) is 2.95. The van der Waals surface area contributed by atoms with E-state index in [1.165, 1.54) is 0 Å². The maximum Gasteiger partial charge on any atom is 0.191 e. The van der Waals surface area contributed by atoms with Gasteiger partial charge in [-0.25, -0.2) is 14.7 Å². The second-order valence-corrected chi connectivity index (χ2v) is 6.39. The number of para-hydroxylation sites is 1. The standard InChI is InChI=1S/C20H27N7/c1-4-22-20(23-10-12-26-11-9-21-15-26)24-14-18-7-5-6-8-19(18)27-17(3)13-16(2)25-27/h5-9,11,13,15H,4,10,12,14H2,1-3H3,(H2,22,23,24). The van der Waals surface area contributed by atoms with Gasteiger partial charge in [-0.2, -0.15) is 5.10 Å². The number of aromatic nitrogens is 4. The average molecular weight is 365 g/mol. The highest BCUT2D eigenvalue weighted by atomic mass is 15.3. The molecule has 7 heteroatoms. The third kappa shape index (κ3) is 4.97. The molecule has 2 N–H and O–H groups in total. The molecule has 0 saturated heterocycles. The first kappa shape index (κ1) is 18.7. The van der Waals surface area contributed by atoms with Crippen molar-refractivity contribution in [2.24, 2.45) is 4.99 Å². The van der Waals surface area contributed by atoms with Crippen molar-refractivity contribution in [3.05, 3.63) is 66.0 Å². The first-order chi connectivity index (χ1) is 13.2. The van der Waals surface area contributed by atoms with Crippen molar-refractivity contribution in [3.63, 3.8) is 0 Å². The summed E-state index contributed by atoms with van der Waals surface area (Å²) in [6.45, 7) is 9.16. The largest absolute Gasteiger partial charge is 0.357 e.